The van der Waals surface area contributed by atoms with E-state index >= 15 is 0 Å². The molecule has 2 heterocycles. The lowest BCUT2D eigenvalue weighted by atomic mass is 9.83. The van der Waals surface area contributed by atoms with Gasteiger partial charge in [-0.1, -0.05) is 60.7 Å². The number of ether oxygens (including phenoxy) is 1. The normalized spacial score (nSPS) is 19.0. The predicted octanol–water partition coefficient (Wildman–Crippen LogP) is 5.00. The highest BCUT2D eigenvalue weighted by molar-refractivity contribution is 5.86. The lowest BCUT2D eigenvalue weighted by Crippen LogP contribution is -2.34. The summed E-state index contributed by atoms with van der Waals surface area (Å²) in [7, 11) is 1.71. The molecule has 0 aliphatic carbocycles. The van der Waals surface area contributed by atoms with Crippen LogP contribution in [0.15, 0.2) is 78.9 Å². The fraction of sp³-hybridized carbons (Fsp3) is 0.167. The topological polar surface area (TPSA) is 37.0 Å². The van der Waals surface area contributed by atoms with Crippen molar-refractivity contribution < 1.29 is 4.74 Å². The van der Waals surface area contributed by atoms with Gasteiger partial charge in [0.05, 0.1) is 13.2 Å². The fourth-order valence-electron chi connectivity index (χ4n) is 4.28. The molecule has 0 bridgehead atoms. The molecule has 0 unspecified atom stereocenters. The highest BCUT2D eigenvalue weighted by atomic mass is 16.5. The first kappa shape index (κ1) is 16.2. The number of aromatic nitrogens is 1. The second-order valence-corrected chi connectivity index (χ2v) is 7.08. The van der Waals surface area contributed by atoms with E-state index in [1.54, 1.807) is 7.11 Å². The van der Waals surface area contributed by atoms with Gasteiger partial charge in [-0.2, -0.15) is 0 Å². The van der Waals surface area contributed by atoms with Crippen molar-refractivity contribution in [1.29, 1.82) is 0 Å². The number of methoxy groups -OCH3 is 1. The second kappa shape index (κ2) is 6.60. The molecule has 3 heteroatoms. The third-order valence-corrected chi connectivity index (χ3v) is 5.59. The molecule has 0 fully saturated rings. The van der Waals surface area contributed by atoms with Crippen molar-refractivity contribution in [2.24, 2.45) is 0 Å². The monoisotopic (exact) mass is 354 g/mol. The van der Waals surface area contributed by atoms with Crippen LogP contribution in [0.3, 0.4) is 0 Å². The number of hydrogen-bond donors (Lipinski definition) is 2. The Morgan fingerprint density at radius 1 is 0.815 bits per heavy atom. The van der Waals surface area contributed by atoms with Crippen LogP contribution in [-0.4, -0.2) is 18.6 Å². The number of fused-ring (bicyclic) bond motifs is 3. The molecule has 5 rings (SSSR count). The van der Waals surface area contributed by atoms with Crippen LogP contribution < -0.4 is 10.1 Å². The van der Waals surface area contributed by atoms with Crippen molar-refractivity contribution in [1.82, 2.24) is 10.3 Å². The predicted molar refractivity (Wildman–Crippen MR) is 109 cm³/mol. The summed E-state index contributed by atoms with van der Waals surface area (Å²) in [6.45, 7) is 0.904. The molecule has 134 valence electrons. The maximum Gasteiger partial charge on any atom is 0.118 e. The van der Waals surface area contributed by atoms with Crippen molar-refractivity contribution in [3.63, 3.8) is 0 Å². The zero-order valence-electron chi connectivity index (χ0n) is 15.3. The molecule has 0 saturated heterocycles. The highest BCUT2D eigenvalue weighted by Gasteiger charge is 2.32. The van der Waals surface area contributed by atoms with Gasteiger partial charge < -0.3 is 15.0 Å². The van der Waals surface area contributed by atoms with E-state index in [-0.39, 0.29) is 6.04 Å². The first-order valence-electron chi connectivity index (χ1n) is 9.38. The van der Waals surface area contributed by atoms with Gasteiger partial charge in [0.25, 0.3) is 0 Å². The summed E-state index contributed by atoms with van der Waals surface area (Å²) in [6.07, 6.45) is 0. The van der Waals surface area contributed by atoms with Gasteiger partial charge in [-0.3, -0.25) is 0 Å². The van der Waals surface area contributed by atoms with Crippen molar-refractivity contribution in [3.05, 3.63) is 101 Å². The molecule has 0 radical (unpaired) electrons. The maximum atomic E-state index is 5.33. The third-order valence-electron chi connectivity index (χ3n) is 5.59. The van der Waals surface area contributed by atoms with Gasteiger partial charge in [-0.05, 0) is 34.9 Å². The van der Waals surface area contributed by atoms with E-state index in [4.69, 9.17) is 4.74 Å². The number of benzene rings is 3. The van der Waals surface area contributed by atoms with Crippen LogP contribution in [0.4, 0.5) is 0 Å². The fourth-order valence-corrected chi connectivity index (χ4v) is 4.28. The van der Waals surface area contributed by atoms with E-state index in [1.165, 1.54) is 33.3 Å². The van der Waals surface area contributed by atoms with Gasteiger partial charge in [0.2, 0.25) is 0 Å². The summed E-state index contributed by atoms with van der Waals surface area (Å²) in [5, 5.41) is 5.08. The zero-order chi connectivity index (χ0) is 18.2. The van der Waals surface area contributed by atoms with Gasteiger partial charge in [0, 0.05) is 29.1 Å². The van der Waals surface area contributed by atoms with Gasteiger partial charge >= 0.3 is 0 Å². The van der Waals surface area contributed by atoms with E-state index in [1.807, 2.05) is 12.1 Å². The summed E-state index contributed by atoms with van der Waals surface area (Å²) >= 11 is 0. The van der Waals surface area contributed by atoms with Crippen LogP contribution in [0.25, 0.3) is 10.9 Å². The standard InChI is InChI=1S/C24H22N2O/c1-27-18-13-11-16(12-14-18)20-15-25-23(17-7-3-2-4-8-17)24-22(20)19-9-5-6-10-21(19)26-24/h2-14,20,23,25-26H,15H2,1H3/t20-,23+/m1/s1. The molecule has 0 amide bonds. The Kier molecular flexibility index (Phi) is 3.95. The van der Waals surface area contributed by atoms with Crippen LogP contribution in [0, 0.1) is 0 Å². The Morgan fingerprint density at radius 3 is 2.33 bits per heavy atom. The zero-order valence-corrected chi connectivity index (χ0v) is 15.3. The molecular weight excluding hydrogens is 332 g/mol. The molecule has 27 heavy (non-hydrogen) atoms. The number of H-pyrrole nitrogens is 1. The Bertz CT molecular complexity index is 1070. The van der Waals surface area contributed by atoms with E-state index in [0.717, 1.165) is 12.3 Å². The number of nitrogens with one attached hydrogen (secondary N) is 2. The molecule has 1 aliphatic heterocycles. The summed E-state index contributed by atoms with van der Waals surface area (Å²) in [5.41, 5.74) is 6.47. The molecule has 2 atom stereocenters. The summed E-state index contributed by atoms with van der Waals surface area (Å²) in [6, 6.07) is 27.9. The van der Waals surface area contributed by atoms with E-state index in [0.29, 0.717) is 5.92 Å². The lowest BCUT2D eigenvalue weighted by molar-refractivity contribution is 0.414. The Balaban J connectivity index is 1.67. The van der Waals surface area contributed by atoms with Crippen LogP contribution in [-0.2, 0) is 0 Å². The first-order chi connectivity index (χ1) is 13.3. The highest BCUT2D eigenvalue weighted by Crippen LogP contribution is 2.41. The van der Waals surface area contributed by atoms with Crippen molar-refractivity contribution in [2.45, 2.75) is 12.0 Å². The van der Waals surface area contributed by atoms with Crippen molar-refractivity contribution in [2.75, 3.05) is 13.7 Å². The minimum Gasteiger partial charge on any atom is -0.497 e. The smallest absolute Gasteiger partial charge is 0.118 e. The van der Waals surface area contributed by atoms with Crippen LogP contribution in [0.1, 0.15) is 34.3 Å². The molecule has 0 spiro atoms. The van der Waals surface area contributed by atoms with Gasteiger partial charge in [0.1, 0.15) is 5.75 Å². The summed E-state index contributed by atoms with van der Waals surface area (Å²) in [5.74, 6) is 1.20. The van der Waals surface area contributed by atoms with Crippen LogP contribution >= 0.6 is 0 Å². The quantitative estimate of drug-likeness (QED) is 0.543. The Labute approximate surface area is 159 Å². The largest absolute Gasteiger partial charge is 0.497 e. The van der Waals surface area contributed by atoms with E-state index in [2.05, 4.69) is 77.0 Å². The molecular formula is C24H22N2O. The number of hydrogen-bond acceptors (Lipinski definition) is 2. The molecule has 3 aromatic carbocycles. The molecule has 4 aromatic rings. The molecule has 1 aromatic heterocycles. The maximum absolute atomic E-state index is 5.33. The SMILES string of the molecule is COc1ccc([C@H]2CN[C@@H](c3ccccc3)c3[nH]c4ccccc4c32)cc1. The van der Waals surface area contributed by atoms with Crippen molar-refractivity contribution in [3.8, 4) is 5.75 Å². The molecule has 3 nitrogen and oxygen atoms in total. The van der Waals surface area contributed by atoms with Gasteiger partial charge in [-0.15, -0.1) is 0 Å². The molecule has 1 aliphatic rings. The van der Waals surface area contributed by atoms with Crippen LogP contribution in [0.5, 0.6) is 5.75 Å². The third kappa shape index (κ3) is 2.71. The minimum atomic E-state index is 0.183. The van der Waals surface area contributed by atoms with E-state index < -0.39 is 0 Å². The molecule has 2 N–H and O–H groups in total. The van der Waals surface area contributed by atoms with Crippen LogP contribution in [0.2, 0.25) is 0 Å². The van der Waals surface area contributed by atoms with Gasteiger partial charge in [-0.25, -0.2) is 0 Å². The average Bonchev–Trinajstić information content (AvgIpc) is 3.13. The Morgan fingerprint density at radius 2 is 1.56 bits per heavy atom. The minimum absolute atomic E-state index is 0.183. The Hall–Kier alpha value is -3.04. The number of rotatable bonds is 3. The lowest BCUT2D eigenvalue weighted by Gasteiger charge is -2.31. The average molecular weight is 354 g/mol. The summed E-state index contributed by atoms with van der Waals surface area (Å²) in [4.78, 5) is 3.70. The van der Waals surface area contributed by atoms with Crippen molar-refractivity contribution >= 4 is 10.9 Å². The van der Waals surface area contributed by atoms with Gasteiger partial charge in [0.15, 0.2) is 0 Å². The number of aromatic amines is 1. The summed E-state index contributed by atoms with van der Waals surface area (Å²) < 4.78 is 5.33. The number of para-hydroxylation sites is 1. The van der Waals surface area contributed by atoms with E-state index in [9.17, 15) is 0 Å². The second-order valence-electron chi connectivity index (χ2n) is 7.08. The first-order valence-corrected chi connectivity index (χ1v) is 9.38. The molecule has 0 saturated carbocycles.